The van der Waals surface area contributed by atoms with E-state index in [9.17, 15) is 4.39 Å². The molecule has 1 aliphatic rings. The highest BCUT2D eigenvalue weighted by atomic mass is 19.1. The summed E-state index contributed by atoms with van der Waals surface area (Å²) in [6.07, 6.45) is 4.24. The van der Waals surface area contributed by atoms with Gasteiger partial charge in [0.2, 0.25) is 0 Å². The van der Waals surface area contributed by atoms with Crippen LogP contribution in [0.25, 0.3) is 11.0 Å². The molecule has 4 heteroatoms. The molecule has 3 rings (SSSR count). The quantitative estimate of drug-likeness (QED) is 0.900. The van der Waals surface area contributed by atoms with Gasteiger partial charge in [-0.1, -0.05) is 13.3 Å². The number of aromatic nitrogens is 2. The Kier molecular flexibility index (Phi) is 2.82. The van der Waals surface area contributed by atoms with Crippen LogP contribution in [-0.2, 0) is 0 Å². The topological polar surface area (TPSA) is 43.8 Å². The number of imidazole rings is 1. The van der Waals surface area contributed by atoms with Gasteiger partial charge in [-0.15, -0.1) is 0 Å². The van der Waals surface area contributed by atoms with E-state index in [2.05, 4.69) is 16.5 Å². The molecule has 0 radical (unpaired) electrons. The van der Waals surface area contributed by atoms with Gasteiger partial charge >= 0.3 is 0 Å². The summed E-state index contributed by atoms with van der Waals surface area (Å²) in [5, 5.41) is 0. The van der Waals surface area contributed by atoms with Crippen molar-refractivity contribution in [2.45, 2.75) is 44.7 Å². The average molecular weight is 247 g/mol. The number of nitrogens with two attached hydrogens (primary N) is 1. The van der Waals surface area contributed by atoms with Crippen LogP contribution in [0.2, 0.25) is 0 Å². The second kappa shape index (κ2) is 4.35. The zero-order valence-electron chi connectivity index (χ0n) is 10.6. The molecule has 1 saturated carbocycles. The summed E-state index contributed by atoms with van der Waals surface area (Å²) < 4.78 is 15.5. The number of hydrogen-bond donors (Lipinski definition) is 1. The Morgan fingerprint density at radius 3 is 2.94 bits per heavy atom. The van der Waals surface area contributed by atoms with Gasteiger partial charge in [-0.2, -0.15) is 0 Å². The first-order chi connectivity index (χ1) is 8.70. The molecular weight excluding hydrogens is 229 g/mol. The molecule has 1 aliphatic carbocycles. The third kappa shape index (κ3) is 1.90. The molecule has 0 saturated heterocycles. The minimum Gasteiger partial charge on any atom is -0.323 e. The minimum atomic E-state index is -0.208. The maximum absolute atomic E-state index is 13.4. The minimum absolute atomic E-state index is 0.0499. The van der Waals surface area contributed by atoms with Crippen LogP contribution in [0.5, 0.6) is 0 Å². The molecule has 0 spiro atoms. The molecule has 1 unspecified atom stereocenters. The van der Waals surface area contributed by atoms with Crippen LogP contribution in [0.1, 0.15) is 50.5 Å². The van der Waals surface area contributed by atoms with E-state index in [1.54, 1.807) is 12.1 Å². The maximum atomic E-state index is 13.4. The first-order valence-electron chi connectivity index (χ1n) is 6.63. The van der Waals surface area contributed by atoms with Crippen LogP contribution in [0.3, 0.4) is 0 Å². The van der Waals surface area contributed by atoms with E-state index in [4.69, 9.17) is 5.73 Å². The second-order valence-corrected chi connectivity index (χ2v) is 5.10. The van der Waals surface area contributed by atoms with Crippen molar-refractivity contribution in [1.29, 1.82) is 0 Å². The van der Waals surface area contributed by atoms with Gasteiger partial charge in [0.15, 0.2) is 0 Å². The average Bonchev–Trinajstić information content (AvgIpc) is 3.10. The predicted octanol–water partition coefficient (Wildman–Crippen LogP) is 3.31. The Hall–Kier alpha value is -1.42. The summed E-state index contributed by atoms with van der Waals surface area (Å²) >= 11 is 0. The number of halogens is 1. The van der Waals surface area contributed by atoms with Gasteiger partial charge < -0.3 is 10.3 Å². The van der Waals surface area contributed by atoms with Crippen molar-refractivity contribution in [2.24, 2.45) is 5.73 Å². The molecule has 1 aromatic carbocycles. The highest BCUT2D eigenvalue weighted by Gasteiger charge is 2.29. The first kappa shape index (κ1) is 11.7. The molecule has 1 aromatic heterocycles. The number of hydrogen-bond acceptors (Lipinski definition) is 2. The van der Waals surface area contributed by atoms with Crippen molar-refractivity contribution in [2.75, 3.05) is 0 Å². The third-order valence-electron chi connectivity index (χ3n) is 3.52. The summed E-state index contributed by atoms with van der Waals surface area (Å²) in [5.41, 5.74) is 7.94. The lowest BCUT2D eigenvalue weighted by Crippen LogP contribution is -2.16. The molecule has 0 amide bonds. The van der Waals surface area contributed by atoms with Crippen LogP contribution in [0, 0.1) is 5.82 Å². The fraction of sp³-hybridized carbons (Fsp3) is 0.500. The Morgan fingerprint density at radius 2 is 2.28 bits per heavy atom. The van der Waals surface area contributed by atoms with Crippen molar-refractivity contribution in [3.63, 3.8) is 0 Å². The molecule has 2 aromatic rings. The lowest BCUT2D eigenvalue weighted by Gasteiger charge is -2.13. The van der Waals surface area contributed by atoms with E-state index >= 15 is 0 Å². The Balaban J connectivity index is 2.15. The summed E-state index contributed by atoms with van der Waals surface area (Å²) in [6, 6.07) is 5.19. The van der Waals surface area contributed by atoms with E-state index in [1.165, 1.54) is 6.07 Å². The van der Waals surface area contributed by atoms with Crippen molar-refractivity contribution in [1.82, 2.24) is 9.55 Å². The first-order valence-corrected chi connectivity index (χ1v) is 6.63. The van der Waals surface area contributed by atoms with Gasteiger partial charge in [-0.3, -0.25) is 0 Å². The summed E-state index contributed by atoms with van der Waals surface area (Å²) in [6.45, 7) is 2.11. The van der Waals surface area contributed by atoms with Crippen LogP contribution >= 0.6 is 0 Å². The highest BCUT2D eigenvalue weighted by molar-refractivity contribution is 5.76. The lowest BCUT2D eigenvalue weighted by atomic mass is 10.1. The summed E-state index contributed by atoms with van der Waals surface area (Å²) in [7, 11) is 0. The van der Waals surface area contributed by atoms with Crippen molar-refractivity contribution < 1.29 is 4.39 Å². The standard InChI is InChI=1S/C14H18FN3/c1-2-3-11(16)14-17-12-7-4-9(15)8-13(12)18(14)10-5-6-10/h4,7-8,10-11H,2-3,5-6,16H2,1H3. The molecule has 0 aliphatic heterocycles. The molecule has 96 valence electrons. The van der Waals surface area contributed by atoms with Gasteiger partial charge in [-0.05, 0) is 37.5 Å². The predicted molar refractivity (Wildman–Crippen MR) is 69.8 cm³/mol. The molecule has 1 fully saturated rings. The van der Waals surface area contributed by atoms with Crippen LogP contribution < -0.4 is 5.73 Å². The van der Waals surface area contributed by atoms with Crippen LogP contribution in [0.4, 0.5) is 4.39 Å². The second-order valence-electron chi connectivity index (χ2n) is 5.10. The summed E-state index contributed by atoms with van der Waals surface area (Å²) in [4.78, 5) is 4.60. The SMILES string of the molecule is CCCC(N)c1nc2ccc(F)cc2n1C1CC1. The monoisotopic (exact) mass is 247 g/mol. The lowest BCUT2D eigenvalue weighted by molar-refractivity contribution is 0.561. The van der Waals surface area contributed by atoms with E-state index in [0.717, 1.165) is 42.5 Å². The van der Waals surface area contributed by atoms with Crippen molar-refractivity contribution in [3.05, 3.63) is 29.8 Å². The summed E-state index contributed by atoms with van der Waals surface area (Å²) in [5.74, 6) is 0.708. The van der Waals surface area contributed by atoms with E-state index in [-0.39, 0.29) is 11.9 Å². The van der Waals surface area contributed by atoms with E-state index < -0.39 is 0 Å². The molecule has 2 N–H and O–H groups in total. The Labute approximate surface area is 106 Å². The fourth-order valence-corrected chi connectivity index (χ4v) is 2.50. The largest absolute Gasteiger partial charge is 0.323 e. The molecular formula is C14H18FN3. The number of fused-ring (bicyclic) bond motifs is 1. The van der Waals surface area contributed by atoms with Crippen molar-refractivity contribution in [3.8, 4) is 0 Å². The van der Waals surface area contributed by atoms with Gasteiger partial charge in [0.05, 0.1) is 17.1 Å². The molecule has 1 heterocycles. The fourth-order valence-electron chi connectivity index (χ4n) is 2.50. The smallest absolute Gasteiger partial charge is 0.127 e. The molecule has 18 heavy (non-hydrogen) atoms. The maximum Gasteiger partial charge on any atom is 0.127 e. The van der Waals surface area contributed by atoms with Crippen LogP contribution in [-0.4, -0.2) is 9.55 Å². The molecule has 0 bridgehead atoms. The third-order valence-corrected chi connectivity index (χ3v) is 3.52. The van der Waals surface area contributed by atoms with Gasteiger partial charge in [-0.25, -0.2) is 9.37 Å². The highest BCUT2D eigenvalue weighted by Crippen LogP contribution is 2.40. The zero-order valence-corrected chi connectivity index (χ0v) is 10.6. The van der Waals surface area contributed by atoms with Gasteiger partial charge in [0.1, 0.15) is 11.6 Å². The van der Waals surface area contributed by atoms with Gasteiger partial charge in [0.25, 0.3) is 0 Å². The zero-order chi connectivity index (χ0) is 12.7. The Morgan fingerprint density at radius 1 is 1.50 bits per heavy atom. The number of rotatable bonds is 4. The Bertz CT molecular complexity index is 572. The molecule has 3 nitrogen and oxygen atoms in total. The van der Waals surface area contributed by atoms with E-state index in [0.29, 0.717) is 6.04 Å². The van der Waals surface area contributed by atoms with Crippen LogP contribution in [0.15, 0.2) is 18.2 Å². The van der Waals surface area contributed by atoms with Crippen molar-refractivity contribution >= 4 is 11.0 Å². The number of benzene rings is 1. The normalized spacial score (nSPS) is 17.3. The van der Waals surface area contributed by atoms with Gasteiger partial charge in [0, 0.05) is 6.04 Å². The molecule has 1 atom stereocenters. The number of nitrogens with zero attached hydrogens (tertiary/aromatic N) is 2. The van der Waals surface area contributed by atoms with E-state index in [1.807, 2.05) is 0 Å².